The van der Waals surface area contributed by atoms with Gasteiger partial charge in [-0.2, -0.15) is 4.68 Å². The minimum Gasteiger partial charge on any atom is -0.373 e. The maximum atomic E-state index is 4.57. The van der Waals surface area contributed by atoms with Gasteiger partial charge in [-0.05, 0) is 18.6 Å². The Balaban J connectivity index is 2.15. The van der Waals surface area contributed by atoms with Crippen LogP contribution in [-0.4, -0.2) is 32.0 Å². The lowest BCUT2D eigenvalue weighted by Crippen LogP contribution is -2.07. The van der Waals surface area contributed by atoms with Crippen molar-refractivity contribution >= 4 is 16.9 Å². The lowest BCUT2D eigenvalue weighted by atomic mass is 10.3. The Kier molecular flexibility index (Phi) is 3.28. The minimum atomic E-state index is 0.738. The van der Waals surface area contributed by atoms with E-state index in [1.807, 2.05) is 37.4 Å². The van der Waals surface area contributed by atoms with Gasteiger partial charge in [0.1, 0.15) is 17.2 Å². The van der Waals surface area contributed by atoms with Gasteiger partial charge >= 0.3 is 0 Å². The summed E-state index contributed by atoms with van der Waals surface area (Å²) in [7, 11) is 1.85. The van der Waals surface area contributed by atoms with E-state index in [0.29, 0.717) is 0 Å². The molecule has 0 aliphatic rings. The number of nitrogens with zero attached hydrogens (tertiary/aromatic N) is 5. The lowest BCUT2D eigenvalue weighted by molar-refractivity contribution is 0.767. The van der Waals surface area contributed by atoms with E-state index >= 15 is 0 Å². The molecular formula is C14H16N6. The lowest BCUT2D eigenvalue weighted by Gasteiger charge is -2.07. The van der Waals surface area contributed by atoms with E-state index in [1.54, 1.807) is 4.68 Å². The first-order valence-corrected chi connectivity index (χ1v) is 6.68. The van der Waals surface area contributed by atoms with Gasteiger partial charge in [0, 0.05) is 19.5 Å². The highest BCUT2D eigenvalue weighted by atomic mass is 15.4. The number of nitrogens with one attached hydrogen (secondary N) is 1. The van der Waals surface area contributed by atoms with Crippen molar-refractivity contribution < 1.29 is 0 Å². The van der Waals surface area contributed by atoms with E-state index in [1.165, 1.54) is 0 Å². The van der Waals surface area contributed by atoms with E-state index in [-0.39, 0.29) is 0 Å². The SMILES string of the molecule is CCCc1nc(NC)cc(-n2nnc3ccccc32)n1. The fourth-order valence-corrected chi connectivity index (χ4v) is 2.09. The molecule has 0 radical (unpaired) electrons. The molecule has 0 saturated carbocycles. The molecule has 0 bridgehead atoms. The van der Waals surface area contributed by atoms with Gasteiger partial charge in [-0.1, -0.05) is 24.3 Å². The summed E-state index contributed by atoms with van der Waals surface area (Å²) in [5.74, 6) is 2.34. The van der Waals surface area contributed by atoms with Crippen LogP contribution in [0.4, 0.5) is 5.82 Å². The molecule has 0 aliphatic carbocycles. The van der Waals surface area contributed by atoms with E-state index in [4.69, 9.17) is 0 Å². The van der Waals surface area contributed by atoms with E-state index in [2.05, 4.69) is 32.5 Å². The molecule has 6 heteroatoms. The fraction of sp³-hybridized carbons (Fsp3) is 0.286. The van der Waals surface area contributed by atoms with Gasteiger partial charge in [0.05, 0.1) is 5.52 Å². The summed E-state index contributed by atoms with van der Waals surface area (Å²) < 4.78 is 1.75. The Labute approximate surface area is 116 Å². The molecule has 2 aromatic heterocycles. The Bertz CT molecular complexity index is 733. The Morgan fingerprint density at radius 2 is 2.05 bits per heavy atom. The second-order valence-electron chi connectivity index (χ2n) is 4.52. The van der Waals surface area contributed by atoms with E-state index in [0.717, 1.165) is 41.3 Å². The van der Waals surface area contributed by atoms with Crippen molar-refractivity contribution in [1.29, 1.82) is 0 Å². The maximum Gasteiger partial charge on any atom is 0.161 e. The second-order valence-corrected chi connectivity index (χ2v) is 4.52. The zero-order valence-corrected chi connectivity index (χ0v) is 11.5. The molecule has 3 aromatic rings. The highest BCUT2D eigenvalue weighted by Crippen LogP contribution is 2.17. The van der Waals surface area contributed by atoms with E-state index < -0.39 is 0 Å². The Morgan fingerprint density at radius 3 is 2.85 bits per heavy atom. The third-order valence-corrected chi connectivity index (χ3v) is 3.06. The number of anilines is 1. The van der Waals surface area contributed by atoms with Crippen molar-refractivity contribution in [2.75, 3.05) is 12.4 Å². The minimum absolute atomic E-state index is 0.738. The highest BCUT2D eigenvalue weighted by molar-refractivity contribution is 5.75. The summed E-state index contributed by atoms with van der Waals surface area (Å²) >= 11 is 0. The predicted molar refractivity (Wildman–Crippen MR) is 78.0 cm³/mol. The van der Waals surface area contributed by atoms with Gasteiger partial charge in [0.15, 0.2) is 5.82 Å². The summed E-state index contributed by atoms with van der Waals surface area (Å²) in [4.78, 5) is 9.02. The number of fused-ring (bicyclic) bond motifs is 1. The quantitative estimate of drug-likeness (QED) is 0.785. The van der Waals surface area contributed by atoms with Gasteiger partial charge in [-0.25, -0.2) is 9.97 Å². The molecule has 0 fully saturated rings. The Morgan fingerprint density at radius 1 is 1.20 bits per heavy atom. The molecule has 0 spiro atoms. The largest absolute Gasteiger partial charge is 0.373 e. The van der Waals surface area contributed by atoms with Gasteiger partial charge < -0.3 is 5.32 Å². The number of hydrogen-bond acceptors (Lipinski definition) is 5. The van der Waals surface area contributed by atoms with Crippen LogP contribution in [0, 0.1) is 0 Å². The number of aryl methyl sites for hydroxylation is 1. The van der Waals surface area contributed by atoms with Gasteiger partial charge in [0.2, 0.25) is 0 Å². The fourth-order valence-electron chi connectivity index (χ4n) is 2.09. The molecule has 0 unspecified atom stereocenters. The van der Waals surface area contributed by atoms with Crippen LogP contribution in [0.2, 0.25) is 0 Å². The van der Waals surface area contributed by atoms with Crippen LogP contribution >= 0.6 is 0 Å². The van der Waals surface area contributed by atoms with Crippen LogP contribution in [0.25, 0.3) is 16.9 Å². The van der Waals surface area contributed by atoms with Gasteiger partial charge in [-0.3, -0.25) is 0 Å². The normalized spacial score (nSPS) is 10.9. The Hall–Kier alpha value is -2.50. The zero-order valence-electron chi connectivity index (χ0n) is 11.5. The summed E-state index contributed by atoms with van der Waals surface area (Å²) in [5, 5.41) is 11.4. The van der Waals surface area contributed by atoms with Crippen molar-refractivity contribution in [2.24, 2.45) is 0 Å². The molecule has 3 rings (SSSR count). The monoisotopic (exact) mass is 268 g/mol. The number of para-hydroxylation sites is 1. The maximum absolute atomic E-state index is 4.57. The summed E-state index contributed by atoms with van der Waals surface area (Å²) in [6.07, 6.45) is 1.85. The molecule has 1 aromatic carbocycles. The van der Waals surface area contributed by atoms with Crippen LogP contribution in [0.5, 0.6) is 0 Å². The molecule has 2 heterocycles. The zero-order chi connectivity index (χ0) is 13.9. The van der Waals surface area contributed by atoms with Crippen LogP contribution in [-0.2, 0) is 6.42 Å². The molecule has 20 heavy (non-hydrogen) atoms. The van der Waals surface area contributed by atoms with Crippen molar-refractivity contribution in [3.8, 4) is 5.82 Å². The van der Waals surface area contributed by atoms with Crippen molar-refractivity contribution in [2.45, 2.75) is 19.8 Å². The molecule has 0 atom stereocenters. The smallest absolute Gasteiger partial charge is 0.161 e. The van der Waals surface area contributed by atoms with E-state index in [9.17, 15) is 0 Å². The third-order valence-electron chi connectivity index (χ3n) is 3.06. The molecule has 0 aliphatic heterocycles. The number of benzene rings is 1. The topological polar surface area (TPSA) is 68.5 Å². The third kappa shape index (κ3) is 2.20. The average Bonchev–Trinajstić information content (AvgIpc) is 2.91. The molecule has 0 saturated heterocycles. The average molecular weight is 268 g/mol. The number of hydrogen-bond donors (Lipinski definition) is 1. The standard InChI is InChI=1S/C14H16N6/c1-3-6-12-16-13(15-2)9-14(17-12)20-11-8-5-4-7-10(11)18-19-20/h4-5,7-9H,3,6H2,1-2H3,(H,15,16,17). The number of aromatic nitrogens is 5. The first-order valence-electron chi connectivity index (χ1n) is 6.68. The summed E-state index contributed by atoms with van der Waals surface area (Å²) in [6, 6.07) is 9.71. The molecule has 6 nitrogen and oxygen atoms in total. The van der Waals surface area contributed by atoms with Crippen LogP contribution in [0.1, 0.15) is 19.2 Å². The summed E-state index contributed by atoms with van der Waals surface area (Å²) in [5.41, 5.74) is 1.80. The first kappa shape index (κ1) is 12.5. The van der Waals surface area contributed by atoms with Gasteiger partial charge in [0.25, 0.3) is 0 Å². The predicted octanol–water partition coefficient (Wildman–Crippen LogP) is 2.20. The number of rotatable bonds is 4. The first-order chi connectivity index (χ1) is 9.81. The van der Waals surface area contributed by atoms with Crippen molar-refractivity contribution in [3.05, 3.63) is 36.2 Å². The molecular weight excluding hydrogens is 252 g/mol. The van der Waals surface area contributed by atoms with Crippen molar-refractivity contribution in [3.63, 3.8) is 0 Å². The van der Waals surface area contributed by atoms with Gasteiger partial charge in [-0.15, -0.1) is 5.10 Å². The molecule has 0 amide bonds. The van der Waals surface area contributed by atoms with Crippen LogP contribution in [0.15, 0.2) is 30.3 Å². The highest BCUT2D eigenvalue weighted by Gasteiger charge is 2.10. The van der Waals surface area contributed by atoms with Crippen molar-refractivity contribution in [1.82, 2.24) is 25.0 Å². The van der Waals surface area contributed by atoms with Crippen LogP contribution in [0.3, 0.4) is 0 Å². The summed E-state index contributed by atoms with van der Waals surface area (Å²) in [6.45, 7) is 2.11. The molecule has 1 N–H and O–H groups in total. The van der Waals surface area contributed by atoms with Crippen LogP contribution < -0.4 is 5.32 Å². The molecule has 102 valence electrons. The second kappa shape index (κ2) is 5.24.